The zero-order valence-electron chi connectivity index (χ0n) is 12.7. The van der Waals surface area contributed by atoms with Crippen LogP contribution < -0.4 is 0 Å². The van der Waals surface area contributed by atoms with E-state index in [1.165, 1.54) is 0 Å². The third kappa shape index (κ3) is 3.03. The van der Waals surface area contributed by atoms with Crippen molar-refractivity contribution in [3.63, 3.8) is 0 Å². The molecule has 0 aromatic heterocycles. The van der Waals surface area contributed by atoms with Crippen LogP contribution in [0.2, 0.25) is 0 Å². The van der Waals surface area contributed by atoms with Crippen LogP contribution in [0.25, 0.3) is 21.5 Å². The Labute approximate surface area is 138 Å². The summed E-state index contributed by atoms with van der Waals surface area (Å²) in [5.41, 5.74) is 0. The number of phenolic OH excluding ortho intramolecular Hbond substituents is 4. The number of rotatable bonds is 0. The molecule has 4 rings (SSSR count). The molecule has 0 saturated carbocycles. The molecular formula is C20H16O4. The molecule has 4 aromatic carbocycles. The molecule has 0 aliphatic rings. The van der Waals surface area contributed by atoms with E-state index in [2.05, 4.69) is 0 Å². The van der Waals surface area contributed by atoms with Crippen LogP contribution >= 0.6 is 0 Å². The Hall–Kier alpha value is -3.40. The smallest absolute Gasteiger partial charge is 0.123 e. The van der Waals surface area contributed by atoms with Gasteiger partial charge in [-0.1, -0.05) is 36.4 Å². The van der Waals surface area contributed by atoms with E-state index in [1.54, 1.807) is 66.7 Å². The van der Waals surface area contributed by atoms with E-state index in [4.69, 9.17) is 5.11 Å². The average molecular weight is 320 g/mol. The van der Waals surface area contributed by atoms with Crippen molar-refractivity contribution < 1.29 is 20.4 Å². The lowest BCUT2D eigenvalue weighted by molar-refractivity contribution is 0.475. The number of benzene rings is 4. The predicted molar refractivity (Wildman–Crippen MR) is 94.6 cm³/mol. The van der Waals surface area contributed by atoms with Gasteiger partial charge in [0.05, 0.1) is 0 Å². The first kappa shape index (κ1) is 15.5. The lowest BCUT2D eigenvalue weighted by atomic mass is 10.1. The first-order valence-electron chi connectivity index (χ1n) is 7.36. The van der Waals surface area contributed by atoms with Gasteiger partial charge in [0.15, 0.2) is 0 Å². The first-order chi connectivity index (χ1) is 11.6. The van der Waals surface area contributed by atoms with E-state index < -0.39 is 0 Å². The normalized spacial score (nSPS) is 10.3. The molecule has 4 aromatic rings. The maximum absolute atomic E-state index is 9.38. The molecule has 4 N–H and O–H groups in total. The quantitative estimate of drug-likeness (QED) is 0.384. The third-order valence-electron chi connectivity index (χ3n) is 3.72. The van der Waals surface area contributed by atoms with Crippen molar-refractivity contribution >= 4 is 21.5 Å². The van der Waals surface area contributed by atoms with Gasteiger partial charge in [-0.25, -0.2) is 0 Å². The summed E-state index contributed by atoms with van der Waals surface area (Å²) in [5, 5.41) is 40.2. The highest BCUT2D eigenvalue weighted by Gasteiger charge is 2.01. The van der Waals surface area contributed by atoms with E-state index in [9.17, 15) is 15.3 Å². The topological polar surface area (TPSA) is 80.9 Å². The van der Waals surface area contributed by atoms with Crippen LogP contribution in [0.4, 0.5) is 0 Å². The van der Waals surface area contributed by atoms with Gasteiger partial charge in [-0.05, 0) is 41.8 Å². The molecule has 0 unspecified atom stereocenters. The summed E-state index contributed by atoms with van der Waals surface area (Å²) in [6.07, 6.45) is 0. The van der Waals surface area contributed by atoms with Crippen molar-refractivity contribution in [2.45, 2.75) is 0 Å². The molecule has 0 bridgehead atoms. The Balaban J connectivity index is 0.000000141. The fraction of sp³-hybridized carbons (Fsp3) is 0. The minimum absolute atomic E-state index is 0.198. The summed E-state index contributed by atoms with van der Waals surface area (Å²) in [6.45, 7) is 0. The molecule has 4 nitrogen and oxygen atoms in total. The molecule has 0 heterocycles. The van der Waals surface area contributed by atoms with Crippen LogP contribution in [0.3, 0.4) is 0 Å². The maximum atomic E-state index is 9.38. The second-order valence-electron chi connectivity index (χ2n) is 5.33. The maximum Gasteiger partial charge on any atom is 0.123 e. The van der Waals surface area contributed by atoms with E-state index in [0.717, 1.165) is 10.8 Å². The van der Waals surface area contributed by atoms with E-state index in [-0.39, 0.29) is 23.0 Å². The molecule has 0 atom stereocenters. The van der Waals surface area contributed by atoms with Gasteiger partial charge in [0.1, 0.15) is 23.0 Å². The standard InChI is InChI=1S/2C10H8O2/c11-9-5-1-3-7-8(9)4-2-6-10(7)12;11-8-4-5-9-7(6-8)2-1-3-10(9)12/h2*1-6,11-12H. The Kier molecular flexibility index (Phi) is 4.12. The molecular weight excluding hydrogens is 304 g/mol. The Morgan fingerprint density at radius 3 is 1.54 bits per heavy atom. The number of hydrogen-bond donors (Lipinski definition) is 4. The van der Waals surface area contributed by atoms with E-state index in [1.807, 2.05) is 6.07 Å². The fourth-order valence-corrected chi connectivity index (χ4v) is 2.53. The van der Waals surface area contributed by atoms with Gasteiger partial charge in [-0.2, -0.15) is 0 Å². The van der Waals surface area contributed by atoms with Gasteiger partial charge < -0.3 is 20.4 Å². The minimum Gasteiger partial charge on any atom is -0.508 e. The van der Waals surface area contributed by atoms with Gasteiger partial charge >= 0.3 is 0 Å². The van der Waals surface area contributed by atoms with Crippen molar-refractivity contribution in [2.24, 2.45) is 0 Å². The van der Waals surface area contributed by atoms with Gasteiger partial charge in [0, 0.05) is 16.2 Å². The van der Waals surface area contributed by atoms with Crippen LogP contribution in [0.15, 0.2) is 72.8 Å². The highest BCUT2D eigenvalue weighted by Crippen LogP contribution is 2.30. The molecule has 0 spiro atoms. The summed E-state index contributed by atoms with van der Waals surface area (Å²) >= 11 is 0. The number of fused-ring (bicyclic) bond motifs is 2. The van der Waals surface area contributed by atoms with Crippen LogP contribution in [0, 0.1) is 0 Å². The van der Waals surface area contributed by atoms with Crippen LogP contribution in [0.1, 0.15) is 0 Å². The SMILES string of the molecule is Oc1ccc2c(O)cccc2c1.Oc1cccc2c(O)cccc12. The molecule has 0 saturated heterocycles. The first-order valence-corrected chi connectivity index (χ1v) is 7.36. The highest BCUT2D eigenvalue weighted by atomic mass is 16.3. The van der Waals surface area contributed by atoms with Crippen molar-refractivity contribution in [3.05, 3.63) is 72.8 Å². The van der Waals surface area contributed by atoms with Gasteiger partial charge in [0.2, 0.25) is 0 Å². The second kappa shape index (κ2) is 6.38. The van der Waals surface area contributed by atoms with Crippen molar-refractivity contribution in [2.75, 3.05) is 0 Å². The molecule has 4 heteroatoms. The number of phenols is 4. The molecule has 0 aliphatic carbocycles. The number of hydrogen-bond acceptors (Lipinski definition) is 4. The average Bonchev–Trinajstić information content (AvgIpc) is 2.57. The Morgan fingerprint density at radius 1 is 0.458 bits per heavy atom. The minimum atomic E-state index is 0.198. The van der Waals surface area contributed by atoms with Gasteiger partial charge in [0.25, 0.3) is 0 Å². The Bertz CT molecular complexity index is 967. The third-order valence-corrected chi connectivity index (χ3v) is 3.72. The summed E-state index contributed by atoms with van der Waals surface area (Å²) in [7, 11) is 0. The van der Waals surface area contributed by atoms with Gasteiger partial charge in [-0.15, -0.1) is 0 Å². The summed E-state index contributed by atoms with van der Waals surface area (Å²) in [4.78, 5) is 0. The fourth-order valence-electron chi connectivity index (χ4n) is 2.53. The van der Waals surface area contributed by atoms with Crippen LogP contribution in [0.5, 0.6) is 23.0 Å². The zero-order chi connectivity index (χ0) is 17.1. The van der Waals surface area contributed by atoms with Crippen molar-refractivity contribution in [1.29, 1.82) is 0 Å². The van der Waals surface area contributed by atoms with E-state index in [0.29, 0.717) is 10.8 Å². The molecule has 0 amide bonds. The molecule has 24 heavy (non-hydrogen) atoms. The number of aromatic hydroxyl groups is 4. The van der Waals surface area contributed by atoms with Gasteiger partial charge in [-0.3, -0.25) is 0 Å². The van der Waals surface area contributed by atoms with Crippen molar-refractivity contribution in [3.8, 4) is 23.0 Å². The summed E-state index contributed by atoms with van der Waals surface area (Å²) in [6, 6.07) is 20.2. The molecule has 0 radical (unpaired) electrons. The second-order valence-corrected chi connectivity index (χ2v) is 5.33. The summed E-state index contributed by atoms with van der Waals surface area (Å²) < 4.78 is 0. The molecule has 0 aliphatic heterocycles. The predicted octanol–water partition coefficient (Wildman–Crippen LogP) is 4.50. The Morgan fingerprint density at radius 2 is 0.958 bits per heavy atom. The monoisotopic (exact) mass is 320 g/mol. The van der Waals surface area contributed by atoms with E-state index >= 15 is 0 Å². The molecule has 0 fully saturated rings. The zero-order valence-corrected chi connectivity index (χ0v) is 12.7. The largest absolute Gasteiger partial charge is 0.508 e. The molecule has 120 valence electrons. The van der Waals surface area contributed by atoms with Crippen LogP contribution in [-0.2, 0) is 0 Å². The highest BCUT2D eigenvalue weighted by molar-refractivity contribution is 5.92. The summed E-state index contributed by atoms with van der Waals surface area (Å²) in [5.74, 6) is 0.854. The van der Waals surface area contributed by atoms with Crippen LogP contribution in [-0.4, -0.2) is 20.4 Å². The lowest BCUT2D eigenvalue weighted by Gasteiger charge is -2.01. The lowest BCUT2D eigenvalue weighted by Crippen LogP contribution is -1.73. The van der Waals surface area contributed by atoms with Crippen molar-refractivity contribution in [1.82, 2.24) is 0 Å².